The Bertz CT molecular complexity index is 696. The van der Waals surface area contributed by atoms with E-state index in [4.69, 9.17) is 5.73 Å². The van der Waals surface area contributed by atoms with E-state index in [-0.39, 0.29) is 0 Å². The molecule has 0 radical (unpaired) electrons. The van der Waals surface area contributed by atoms with Crippen LogP contribution in [0.1, 0.15) is 5.69 Å². The van der Waals surface area contributed by atoms with Crippen molar-refractivity contribution in [1.82, 2.24) is 15.0 Å². The molecular weight excluding hydrogens is 224 g/mol. The molecule has 2 N–H and O–H groups in total. The van der Waals surface area contributed by atoms with Gasteiger partial charge in [0.05, 0.1) is 5.69 Å². The van der Waals surface area contributed by atoms with Crippen molar-refractivity contribution in [3.63, 3.8) is 0 Å². The van der Waals surface area contributed by atoms with Crippen molar-refractivity contribution in [2.45, 2.75) is 6.92 Å². The molecule has 0 fully saturated rings. The van der Waals surface area contributed by atoms with Gasteiger partial charge in [-0.1, -0.05) is 18.2 Å². The van der Waals surface area contributed by atoms with Crippen LogP contribution in [0.2, 0.25) is 0 Å². The molecule has 0 aliphatic heterocycles. The van der Waals surface area contributed by atoms with Crippen LogP contribution in [0.15, 0.2) is 42.7 Å². The minimum atomic E-state index is 0.297. The Morgan fingerprint density at radius 3 is 2.83 bits per heavy atom. The minimum absolute atomic E-state index is 0.297. The predicted molar refractivity (Wildman–Crippen MR) is 71.9 cm³/mol. The molecule has 0 aliphatic carbocycles. The largest absolute Gasteiger partial charge is 0.368 e. The summed E-state index contributed by atoms with van der Waals surface area (Å²) >= 11 is 0. The molecular formula is C14H12N4. The summed E-state index contributed by atoms with van der Waals surface area (Å²) in [6.45, 7) is 1.91. The van der Waals surface area contributed by atoms with E-state index >= 15 is 0 Å². The van der Waals surface area contributed by atoms with Gasteiger partial charge in [0.15, 0.2) is 0 Å². The van der Waals surface area contributed by atoms with Crippen LogP contribution in [-0.2, 0) is 0 Å². The Balaban J connectivity index is 2.31. The molecule has 0 aliphatic rings. The molecule has 0 bridgehead atoms. The second kappa shape index (κ2) is 4.07. The van der Waals surface area contributed by atoms with Crippen molar-refractivity contribution in [1.29, 1.82) is 0 Å². The third-order valence-corrected chi connectivity index (χ3v) is 2.83. The Hall–Kier alpha value is -2.49. The average molecular weight is 236 g/mol. The summed E-state index contributed by atoms with van der Waals surface area (Å²) in [5.74, 6) is 0.297. The number of nitrogens with two attached hydrogens (primary N) is 1. The number of fused-ring (bicyclic) bond motifs is 1. The number of nitrogen functional groups attached to an aromatic ring is 1. The Morgan fingerprint density at radius 1 is 1.11 bits per heavy atom. The molecule has 18 heavy (non-hydrogen) atoms. The van der Waals surface area contributed by atoms with Gasteiger partial charge in [-0.3, -0.25) is 4.98 Å². The quantitative estimate of drug-likeness (QED) is 0.705. The van der Waals surface area contributed by atoms with E-state index in [0.717, 1.165) is 27.7 Å². The van der Waals surface area contributed by atoms with Crippen LogP contribution in [-0.4, -0.2) is 15.0 Å². The fraction of sp³-hybridized carbons (Fsp3) is 0.0714. The highest BCUT2D eigenvalue weighted by atomic mass is 15.0. The van der Waals surface area contributed by atoms with Crippen molar-refractivity contribution in [2.75, 3.05) is 5.73 Å². The number of aromatic nitrogens is 3. The smallest absolute Gasteiger partial charge is 0.220 e. The summed E-state index contributed by atoms with van der Waals surface area (Å²) in [5, 5.41) is 2.20. The first kappa shape index (κ1) is 10.7. The lowest BCUT2D eigenvalue weighted by Crippen LogP contribution is -1.98. The van der Waals surface area contributed by atoms with Gasteiger partial charge in [-0.25, -0.2) is 9.97 Å². The van der Waals surface area contributed by atoms with Crippen LogP contribution in [0.4, 0.5) is 5.95 Å². The predicted octanol–water partition coefficient (Wildman–Crippen LogP) is 2.58. The second-order valence-electron chi connectivity index (χ2n) is 4.16. The zero-order valence-corrected chi connectivity index (χ0v) is 9.96. The van der Waals surface area contributed by atoms with Crippen molar-refractivity contribution >= 4 is 16.7 Å². The summed E-state index contributed by atoms with van der Waals surface area (Å²) in [6.07, 6.45) is 3.63. The van der Waals surface area contributed by atoms with Crippen LogP contribution in [0.25, 0.3) is 22.0 Å². The first-order chi connectivity index (χ1) is 8.74. The van der Waals surface area contributed by atoms with Gasteiger partial charge in [0.25, 0.3) is 0 Å². The highest BCUT2D eigenvalue weighted by Gasteiger charge is 2.06. The highest BCUT2D eigenvalue weighted by Crippen LogP contribution is 2.27. The lowest BCUT2D eigenvalue weighted by molar-refractivity contribution is 1.12. The first-order valence-corrected chi connectivity index (χ1v) is 5.68. The number of nitrogens with zero attached hydrogens (tertiary/aromatic N) is 3. The zero-order valence-electron chi connectivity index (χ0n) is 9.96. The topological polar surface area (TPSA) is 64.7 Å². The summed E-state index contributed by atoms with van der Waals surface area (Å²) in [5.41, 5.74) is 8.42. The fourth-order valence-electron chi connectivity index (χ4n) is 2.07. The third-order valence-electron chi connectivity index (χ3n) is 2.83. The van der Waals surface area contributed by atoms with Crippen molar-refractivity contribution < 1.29 is 0 Å². The Kier molecular flexibility index (Phi) is 2.41. The number of hydrogen-bond donors (Lipinski definition) is 1. The van der Waals surface area contributed by atoms with Gasteiger partial charge >= 0.3 is 0 Å². The van der Waals surface area contributed by atoms with Gasteiger partial charge in [-0.15, -0.1) is 0 Å². The van der Waals surface area contributed by atoms with Crippen molar-refractivity contribution in [3.05, 3.63) is 48.4 Å². The van der Waals surface area contributed by atoms with Gasteiger partial charge in [-0.2, -0.15) is 0 Å². The number of rotatable bonds is 1. The van der Waals surface area contributed by atoms with E-state index in [2.05, 4.69) is 21.0 Å². The molecule has 0 atom stereocenters. The maximum absolute atomic E-state index is 5.70. The molecule has 0 spiro atoms. The van der Waals surface area contributed by atoms with Crippen LogP contribution >= 0.6 is 0 Å². The van der Waals surface area contributed by atoms with Gasteiger partial charge in [0, 0.05) is 29.0 Å². The standard InChI is InChI=1S/C14H12N4/c1-9-7-13(18-14(15)17-9)11-4-2-3-10-5-6-16-8-12(10)11/h2-8H,1H3,(H2,15,17,18). The number of hydrogen-bond acceptors (Lipinski definition) is 4. The summed E-state index contributed by atoms with van der Waals surface area (Å²) in [6, 6.07) is 9.99. The molecule has 0 saturated heterocycles. The van der Waals surface area contributed by atoms with Crippen molar-refractivity contribution in [3.8, 4) is 11.3 Å². The summed E-state index contributed by atoms with van der Waals surface area (Å²) < 4.78 is 0. The lowest BCUT2D eigenvalue weighted by atomic mass is 10.0. The van der Waals surface area contributed by atoms with Gasteiger partial charge in [-0.05, 0) is 24.4 Å². The Labute approximate surface area is 105 Å². The molecule has 0 saturated carbocycles. The van der Waals surface area contributed by atoms with Crippen LogP contribution in [0.5, 0.6) is 0 Å². The molecule has 0 amide bonds. The monoisotopic (exact) mass is 236 g/mol. The number of benzene rings is 1. The number of anilines is 1. The molecule has 0 unspecified atom stereocenters. The molecule has 3 rings (SSSR count). The molecule has 3 aromatic rings. The summed E-state index contributed by atoms with van der Waals surface area (Å²) in [4.78, 5) is 12.6. The molecule has 4 nitrogen and oxygen atoms in total. The van der Waals surface area contributed by atoms with E-state index in [0.29, 0.717) is 5.95 Å². The van der Waals surface area contributed by atoms with Crippen LogP contribution < -0.4 is 5.73 Å². The highest BCUT2D eigenvalue weighted by molar-refractivity contribution is 5.95. The molecule has 2 heterocycles. The van der Waals surface area contributed by atoms with E-state index in [1.54, 1.807) is 6.20 Å². The first-order valence-electron chi connectivity index (χ1n) is 5.68. The number of aryl methyl sites for hydroxylation is 1. The van der Waals surface area contributed by atoms with Gasteiger partial charge < -0.3 is 5.73 Å². The maximum atomic E-state index is 5.70. The normalized spacial score (nSPS) is 10.7. The van der Waals surface area contributed by atoms with E-state index in [1.807, 2.05) is 37.4 Å². The zero-order chi connectivity index (χ0) is 12.5. The minimum Gasteiger partial charge on any atom is -0.368 e. The molecule has 1 aromatic carbocycles. The average Bonchev–Trinajstić information content (AvgIpc) is 2.37. The molecule has 88 valence electrons. The Morgan fingerprint density at radius 2 is 2.00 bits per heavy atom. The number of pyridine rings is 1. The SMILES string of the molecule is Cc1cc(-c2cccc3ccncc23)nc(N)n1. The summed E-state index contributed by atoms with van der Waals surface area (Å²) in [7, 11) is 0. The van der Waals surface area contributed by atoms with Crippen LogP contribution in [0, 0.1) is 6.92 Å². The lowest BCUT2D eigenvalue weighted by Gasteiger charge is -2.06. The van der Waals surface area contributed by atoms with Gasteiger partial charge in [0.1, 0.15) is 0 Å². The molecule has 4 heteroatoms. The van der Waals surface area contributed by atoms with E-state index in [9.17, 15) is 0 Å². The van der Waals surface area contributed by atoms with E-state index < -0.39 is 0 Å². The second-order valence-corrected chi connectivity index (χ2v) is 4.16. The maximum Gasteiger partial charge on any atom is 0.220 e. The van der Waals surface area contributed by atoms with Crippen molar-refractivity contribution in [2.24, 2.45) is 0 Å². The van der Waals surface area contributed by atoms with Gasteiger partial charge in [0.2, 0.25) is 5.95 Å². The van der Waals surface area contributed by atoms with Crippen LogP contribution in [0.3, 0.4) is 0 Å². The van der Waals surface area contributed by atoms with E-state index in [1.165, 1.54) is 0 Å². The fourth-order valence-corrected chi connectivity index (χ4v) is 2.07. The third kappa shape index (κ3) is 1.78. The molecule has 2 aromatic heterocycles.